The molecule has 0 amide bonds. The molecular weight excluding hydrogens is 348 g/mol. The Morgan fingerprint density at radius 2 is 2.07 bits per heavy atom. The Hall–Kier alpha value is -2.60. The number of piperidine rings is 1. The molecule has 3 aromatic rings. The van der Waals surface area contributed by atoms with Crippen molar-refractivity contribution >= 4 is 17.3 Å². The molecule has 4 rings (SSSR count). The number of anilines is 2. The lowest BCUT2D eigenvalue weighted by Gasteiger charge is -2.30. The first-order chi connectivity index (χ1) is 13.6. The molecule has 1 unspecified atom stereocenters. The topological polar surface area (TPSA) is 66.3 Å². The lowest BCUT2D eigenvalue weighted by atomic mass is 9.95. The number of nitrogens with zero attached hydrogens (tertiary/aromatic N) is 3. The maximum absolute atomic E-state index is 4.92. The third-order valence-electron chi connectivity index (χ3n) is 5.60. The van der Waals surface area contributed by atoms with E-state index in [0.717, 1.165) is 36.9 Å². The van der Waals surface area contributed by atoms with Crippen LogP contribution in [0.5, 0.6) is 0 Å². The SMILES string of the molecule is CC(C)c1cnn2c(NCc3ccccc3)cc(NC3CNCC[C@H]3C)nc12. The standard InChI is InChI=1S/C22H30N6/c1-15(2)18-13-25-28-21(24-12-17-7-5-4-6-8-17)11-20(27-22(18)28)26-19-14-23-10-9-16(19)3/h4-8,11,13,15-16,19,23-24H,9-10,12,14H2,1-3H3,(H,26,27)/t16-,19?/m1/s1. The van der Waals surface area contributed by atoms with Gasteiger partial charge in [0, 0.05) is 30.8 Å². The molecule has 1 fully saturated rings. The molecule has 0 radical (unpaired) electrons. The highest BCUT2D eigenvalue weighted by Crippen LogP contribution is 2.25. The summed E-state index contributed by atoms with van der Waals surface area (Å²) in [6, 6.07) is 12.9. The second kappa shape index (κ2) is 8.19. The van der Waals surface area contributed by atoms with Crippen molar-refractivity contribution in [2.45, 2.75) is 45.7 Å². The van der Waals surface area contributed by atoms with Gasteiger partial charge in [0.05, 0.1) is 6.20 Å². The van der Waals surface area contributed by atoms with Crippen molar-refractivity contribution in [3.05, 3.63) is 53.7 Å². The van der Waals surface area contributed by atoms with Crippen molar-refractivity contribution in [1.29, 1.82) is 0 Å². The Kier molecular flexibility index (Phi) is 5.48. The highest BCUT2D eigenvalue weighted by Gasteiger charge is 2.22. The molecule has 1 aliphatic heterocycles. The van der Waals surface area contributed by atoms with Crippen molar-refractivity contribution in [1.82, 2.24) is 19.9 Å². The van der Waals surface area contributed by atoms with E-state index in [9.17, 15) is 0 Å². The van der Waals surface area contributed by atoms with Crippen LogP contribution in [0.15, 0.2) is 42.6 Å². The van der Waals surface area contributed by atoms with Gasteiger partial charge in [-0.15, -0.1) is 0 Å². The predicted octanol–water partition coefficient (Wildman–Crippen LogP) is 3.87. The van der Waals surface area contributed by atoms with E-state index < -0.39 is 0 Å². The van der Waals surface area contributed by atoms with Crippen LogP contribution in [0.2, 0.25) is 0 Å². The summed E-state index contributed by atoms with van der Waals surface area (Å²) in [6.07, 6.45) is 3.12. The second-order valence-electron chi connectivity index (χ2n) is 8.08. The summed E-state index contributed by atoms with van der Waals surface area (Å²) in [5.41, 5.74) is 3.33. The fraction of sp³-hybridized carbons (Fsp3) is 0.455. The lowest BCUT2D eigenvalue weighted by Crippen LogP contribution is -2.44. The predicted molar refractivity (Wildman–Crippen MR) is 115 cm³/mol. The van der Waals surface area contributed by atoms with Gasteiger partial charge in [-0.05, 0) is 30.4 Å². The van der Waals surface area contributed by atoms with Crippen LogP contribution in [-0.4, -0.2) is 33.7 Å². The average Bonchev–Trinajstić information content (AvgIpc) is 3.13. The molecule has 6 heteroatoms. The van der Waals surface area contributed by atoms with Gasteiger partial charge in [-0.25, -0.2) is 4.98 Å². The first-order valence-electron chi connectivity index (χ1n) is 10.3. The number of aromatic nitrogens is 3. The van der Waals surface area contributed by atoms with E-state index in [4.69, 9.17) is 4.98 Å². The Morgan fingerprint density at radius 3 is 2.82 bits per heavy atom. The van der Waals surface area contributed by atoms with Crippen LogP contribution in [-0.2, 0) is 6.54 Å². The van der Waals surface area contributed by atoms with Gasteiger partial charge in [0.2, 0.25) is 0 Å². The van der Waals surface area contributed by atoms with Gasteiger partial charge in [0.1, 0.15) is 11.6 Å². The molecule has 1 aromatic carbocycles. The Balaban J connectivity index is 1.65. The average molecular weight is 379 g/mol. The molecular formula is C22H30N6. The molecule has 28 heavy (non-hydrogen) atoms. The highest BCUT2D eigenvalue weighted by molar-refractivity contribution is 5.61. The smallest absolute Gasteiger partial charge is 0.163 e. The molecule has 1 aliphatic rings. The van der Waals surface area contributed by atoms with Crippen LogP contribution >= 0.6 is 0 Å². The van der Waals surface area contributed by atoms with Gasteiger partial charge in [0.25, 0.3) is 0 Å². The fourth-order valence-electron chi connectivity index (χ4n) is 3.75. The molecule has 2 aromatic heterocycles. The summed E-state index contributed by atoms with van der Waals surface area (Å²) in [4.78, 5) is 4.92. The van der Waals surface area contributed by atoms with Crippen LogP contribution in [0.1, 0.15) is 44.2 Å². The van der Waals surface area contributed by atoms with Crippen LogP contribution in [0.4, 0.5) is 11.6 Å². The lowest BCUT2D eigenvalue weighted by molar-refractivity contribution is 0.366. The molecule has 3 heterocycles. The fourth-order valence-corrected chi connectivity index (χ4v) is 3.75. The number of fused-ring (bicyclic) bond motifs is 1. The third kappa shape index (κ3) is 3.97. The zero-order chi connectivity index (χ0) is 19.5. The summed E-state index contributed by atoms with van der Waals surface area (Å²) < 4.78 is 1.92. The van der Waals surface area contributed by atoms with E-state index in [2.05, 4.69) is 72.2 Å². The van der Waals surface area contributed by atoms with Gasteiger partial charge in [-0.1, -0.05) is 51.1 Å². The number of nitrogens with one attached hydrogen (secondary N) is 3. The van der Waals surface area contributed by atoms with Gasteiger partial charge >= 0.3 is 0 Å². The normalized spacial score (nSPS) is 19.9. The highest BCUT2D eigenvalue weighted by atomic mass is 15.3. The van der Waals surface area contributed by atoms with Crippen molar-refractivity contribution in [2.75, 3.05) is 23.7 Å². The zero-order valence-corrected chi connectivity index (χ0v) is 16.9. The van der Waals surface area contributed by atoms with Crippen molar-refractivity contribution in [2.24, 2.45) is 5.92 Å². The van der Waals surface area contributed by atoms with Crippen molar-refractivity contribution in [3.63, 3.8) is 0 Å². The Labute approximate surface area is 166 Å². The minimum absolute atomic E-state index is 0.373. The molecule has 1 saturated heterocycles. The molecule has 0 bridgehead atoms. The molecule has 0 saturated carbocycles. The van der Waals surface area contributed by atoms with Gasteiger partial charge in [-0.2, -0.15) is 9.61 Å². The van der Waals surface area contributed by atoms with E-state index in [0.29, 0.717) is 17.9 Å². The number of benzene rings is 1. The summed E-state index contributed by atoms with van der Waals surface area (Å²) in [5, 5.41) is 15.3. The second-order valence-corrected chi connectivity index (χ2v) is 8.08. The van der Waals surface area contributed by atoms with E-state index in [1.54, 1.807) is 0 Å². The third-order valence-corrected chi connectivity index (χ3v) is 5.60. The van der Waals surface area contributed by atoms with Crippen molar-refractivity contribution < 1.29 is 0 Å². The van der Waals surface area contributed by atoms with E-state index in [1.807, 2.05) is 16.8 Å². The largest absolute Gasteiger partial charge is 0.366 e. The van der Waals surface area contributed by atoms with Gasteiger partial charge in [-0.3, -0.25) is 0 Å². The quantitative estimate of drug-likeness (QED) is 0.608. The number of rotatable bonds is 6. The Bertz CT molecular complexity index is 917. The summed E-state index contributed by atoms with van der Waals surface area (Å²) in [7, 11) is 0. The molecule has 6 nitrogen and oxygen atoms in total. The van der Waals surface area contributed by atoms with Crippen molar-refractivity contribution in [3.8, 4) is 0 Å². The van der Waals surface area contributed by atoms with Crippen LogP contribution in [0.3, 0.4) is 0 Å². The minimum Gasteiger partial charge on any atom is -0.366 e. The summed E-state index contributed by atoms with van der Waals surface area (Å²) in [5.74, 6) is 2.86. The first-order valence-corrected chi connectivity index (χ1v) is 10.3. The molecule has 3 N–H and O–H groups in total. The number of hydrogen-bond acceptors (Lipinski definition) is 5. The van der Waals surface area contributed by atoms with Crippen LogP contribution in [0, 0.1) is 5.92 Å². The zero-order valence-electron chi connectivity index (χ0n) is 16.9. The summed E-state index contributed by atoms with van der Waals surface area (Å²) in [6.45, 7) is 9.49. The van der Waals surface area contributed by atoms with E-state index in [1.165, 1.54) is 17.5 Å². The maximum atomic E-state index is 4.92. The Morgan fingerprint density at radius 1 is 1.25 bits per heavy atom. The molecule has 148 valence electrons. The van der Waals surface area contributed by atoms with Gasteiger partial charge < -0.3 is 16.0 Å². The minimum atomic E-state index is 0.373. The van der Waals surface area contributed by atoms with E-state index >= 15 is 0 Å². The number of hydrogen-bond donors (Lipinski definition) is 3. The summed E-state index contributed by atoms with van der Waals surface area (Å²) >= 11 is 0. The maximum Gasteiger partial charge on any atom is 0.163 e. The molecule has 0 spiro atoms. The van der Waals surface area contributed by atoms with Crippen LogP contribution < -0.4 is 16.0 Å². The molecule has 0 aliphatic carbocycles. The molecule has 2 atom stereocenters. The first kappa shape index (κ1) is 18.7. The van der Waals surface area contributed by atoms with E-state index in [-0.39, 0.29) is 0 Å². The van der Waals surface area contributed by atoms with Crippen LogP contribution in [0.25, 0.3) is 5.65 Å². The van der Waals surface area contributed by atoms with Gasteiger partial charge in [0.15, 0.2) is 5.65 Å². The monoisotopic (exact) mass is 378 g/mol.